The molecule has 1 aromatic rings. The van der Waals surface area contributed by atoms with Crippen LogP contribution in [0.4, 0.5) is 0 Å². The lowest BCUT2D eigenvalue weighted by molar-refractivity contribution is -0.121. The smallest absolute Gasteiger partial charge is 0.220 e. The average Bonchev–Trinajstić information content (AvgIpc) is 2.43. The molecule has 0 fully saturated rings. The Kier molecular flexibility index (Phi) is 6.03. The number of nitrogens with one attached hydrogen (secondary N) is 1. The van der Waals surface area contributed by atoms with Gasteiger partial charge < -0.3 is 11.1 Å². The molecule has 0 unspecified atom stereocenters. The topological polar surface area (TPSA) is 55.1 Å². The van der Waals surface area contributed by atoms with Crippen LogP contribution in [0, 0.1) is 0 Å². The third kappa shape index (κ3) is 5.03. The van der Waals surface area contributed by atoms with E-state index in [0.29, 0.717) is 19.5 Å². The van der Waals surface area contributed by atoms with E-state index in [1.807, 2.05) is 0 Å². The van der Waals surface area contributed by atoms with Gasteiger partial charge in [0, 0.05) is 18.4 Å². The van der Waals surface area contributed by atoms with Crippen molar-refractivity contribution in [2.45, 2.75) is 45.4 Å². The molecule has 0 heterocycles. The second-order valence-electron chi connectivity index (χ2n) is 5.60. The van der Waals surface area contributed by atoms with Gasteiger partial charge in [0.15, 0.2) is 0 Å². The molecule has 1 aromatic carbocycles. The van der Waals surface area contributed by atoms with E-state index < -0.39 is 0 Å². The van der Waals surface area contributed by atoms with Crippen molar-refractivity contribution in [2.24, 2.45) is 5.73 Å². The van der Waals surface area contributed by atoms with E-state index in [1.54, 1.807) is 0 Å². The van der Waals surface area contributed by atoms with Gasteiger partial charge in [-0.05, 0) is 30.5 Å². The Hall–Kier alpha value is -1.35. The predicted molar refractivity (Wildman–Crippen MR) is 80.1 cm³/mol. The standard InChI is InChI=1S/C16H26N2O/c1-4-13-7-9-14(10-8-13)16(2,3)12-18-15(19)6-5-11-17/h7-10H,4-6,11-12,17H2,1-3H3,(H,18,19). The Morgan fingerprint density at radius 1 is 1.26 bits per heavy atom. The Balaban J connectivity index is 2.56. The predicted octanol–water partition coefficient (Wildman–Crippen LogP) is 2.38. The van der Waals surface area contributed by atoms with E-state index in [0.717, 1.165) is 12.8 Å². The Morgan fingerprint density at radius 2 is 1.89 bits per heavy atom. The lowest BCUT2D eigenvalue weighted by atomic mass is 9.84. The van der Waals surface area contributed by atoms with Crippen molar-refractivity contribution in [1.29, 1.82) is 0 Å². The molecule has 0 aliphatic rings. The van der Waals surface area contributed by atoms with Gasteiger partial charge >= 0.3 is 0 Å². The normalized spacial score (nSPS) is 11.4. The Morgan fingerprint density at radius 3 is 2.42 bits per heavy atom. The first kappa shape index (κ1) is 15.7. The highest BCUT2D eigenvalue weighted by molar-refractivity contribution is 5.75. The second kappa shape index (κ2) is 7.29. The number of benzene rings is 1. The maximum Gasteiger partial charge on any atom is 0.220 e. The third-order valence-electron chi connectivity index (χ3n) is 3.48. The van der Waals surface area contributed by atoms with Gasteiger partial charge in [0.1, 0.15) is 0 Å². The molecule has 0 aliphatic carbocycles. The monoisotopic (exact) mass is 262 g/mol. The van der Waals surface area contributed by atoms with E-state index in [2.05, 4.69) is 50.4 Å². The average molecular weight is 262 g/mol. The van der Waals surface area contributed by atoms with Crippen LogP contribution in [0.25, 0.3) is 0 Å². The molecule has 0 saturated carbocycles. The number of amides is 1. The Bertz CT molecular complexity index is 396. The highest BCUT2D eigenvalue weighted by atomic mass is 16.1. The van der Waals surface area contributed by atoms with Crippen molar-refractivity contribution in [3.63, 3.8) is 0 Å². The van der Waals surface area contributed by atoms with Crippen molar-refractivity contribution in [1.82, 2.24) is 5.32 Å². The van der Waals surface area contributed by atoms with Crippen LogP contribution < -0.4 is 11.1 Å². The van der Waals surface area contributed by atoms with Gasteiger partial charge in [0.05, 0.1) is 0 Å². The molecule has 3 N–H and O–H groups in total. The minimum Gasteiger partial charge on any atom is -0.355 e. The fourth-order valence-electron chi connectivity index (χ4n) is 1.96. The zero-order chi connectivity index (χ0) is 14.3. The summed E-state index contributed by atoms with van der Waals surface area (Å²) in [4.78, 5) is 11.6. The van der Waals surface area contributed by atoms with Crippen LogP contribution in [0.15, 0.2) is 24.3 Å². The molecule has 0 saturated heterocycles. The first-order valence-corrected chi connectivity index (χ1v) is 7.06. The summed E-state index contributed by atoms with van der Waals surface area (Å²) < 4.78 is 0. The maximum absolute atomic E-state index is 11.6. The molecule has 3 nitrogen and oxygen atoms in total. The lowest BCUT2D eigenvalue weighted by Crippen LogP contribution is -2.36. The number of hydrogen-bond donors (Lipinski definition) is 2. The summed E-state index contributed by atoms with van der Waals surface area (Å²) in [5.41, 5.74) is 7.94. The minimum absolute atomic E-state index is 0.0509. The van der Waals surface area contributed by atoms with Crippen LogP contribution in [-0.2, 0) is 16.6 Å². The van der Waals surface area contributed by atoms with Crippen molar-refractivity contribution < 1.29 is 4.79 Å². The van der Waals surface area contributed by atoms with Crippen molar-refractivity contribution in [2.75, 3.05) is 13.1 Å². The summed E-state index contributed by atoms with van der Waals surface area (Å²) in [5.74, 6) is 0.0868. The van der Waals surface area contributed by atoms with Crippen LogP contribution in [-0.4, -0.2) is 19.0 Å². The molecule has 1 rings (SSSR count). The lowest BCUT2D eigenvalue weighted by Gasteiger charge is -2.26. The fraction of sp³-hybridized carbons (Fsp3) is 0.562. The molecule has 0 spiro atoms. The summed E-state index contributed by atoms with van der Waals surface area (Å²) in [6, 6.07) is 8.64. The summed E-state index contributed by atoms with van der Waals surface area (Å²) in [6.45, 7) is 7.67. The van der Waals surface area contributed by atoms with Gasteiger partial charge in [-0.3, -0.25) is 4.79 Å². The molecular formula is C16H26N2O. The van der Waals surface area contributed by atoms with Crippen LogP contribution in [0.5, 0.6) is 0 Å². The van der Waals surface area contributed by atoms with Gasteiger partial charge in [-0.1, -0.05) is 45.0 Å². The molecule has 0 aliphatic heterocycles. The minimum atomic E-state index is -0.0509. The van der Waals surface area contributed by atoms with Gasteiger partial charge in [0.25, 0.3) is 0 Å². The first-order valence-electron chi connectivity index (χ1n) is 7.06. The fourth-order valence-corrected chi connectivity index (χ4v) is 1.96. The van der Waals surface area contributed by atoms with Crippen molar-refractivity contribution in [3.8, 4) is 0 Å². The number of hydrogen-bond acceptors (Lipinski definition) is 2. The van der Waals surface area contributed by atoms with Crippen LogP contribution in [0.3, 0.4) is 0 Å². The van der Waals surface area contributed by atoms with Crippen LogP contribution >= 0.6 is 0 Å². The van der Waals surface area contributed by atoms with E-state index in [4.69, 9.17) is 5.73 Å². The number of nitrogens with two attached hydrogens (primary N) is 1. The van der Waals surface area contributed by atoms with E-state index >= 15 is 0 Å². The molecular weight excluding hydrogens is 236 g/mol. The highest BCUT2D eigenvalue weighted by Gasteiger charge is 2.21. The van der Waals surface area contributed by atoms with Crippen LogP contribution in [0.2, 0.25) is 0 Å². The number of aryl methyl sites for hydroxylation is 1. The third-order valence-corrected chi connectivity index (χ3v) is 3.48. The molecule has 0 aromatic heterocycles. The number of rotatable bonds is 7. The van der Waals surface area contributed by atoms with Gasteiger partial charge in [-0.2, -0.15) is 0 Å². The van der Waals surface area contributed by atoms with Crippen LogP contribution in [0.1, 0.15) is 44.7 Å². The number of carbonyl (C=O) groups is 1. The number of carbonyl (C=O) groups excluding carboxylic acids is 1. The molecule has 0 bridgehead atoms. The quantitative estimate of drug-likeness (QED) is 0.792. The van der Waals surface area contributed by atoms with Gasteiger partial charge in [0.2, 0.25) is 5.91 Å². The molecule has 3 heteroatoms. The molecule has 0 radical (unpaired) electrons. The van der Waals surface area contributed by atoms with E-state index in [1.165, 1.54) is 11.1 Å². The zero-order valence-electron chi connectivity index (χ0n) is 12.3. The zero-order valence-corrected chi connectivity index (χ0v) is 12.3. The SMILES string of the molecule is CCc1ccc(C(C)(C)CNC(=O)CCCN)cc1. The largest absolute Gasteiger partial charge is 0.355 e. The van der Waals surface area contributed by atoms with Gasteiger partial charge in [-0.25, -0.2) is 0 Å². The second-order valence-corrected chi connectivity index (χ2v) is 5.60. The highest BCUT2D eigenvalue weighted by Crippen LogP contribution is 2.22. The Labute approximate surface area is 116 Å². The van der Waals surface area contributed by atoms with Gasteiger partial charge in [-0.15, -0.1) is 0 Å². The summed E-state index contributed by atoms with van der Waals surface area (Å²) >= 11 is 0. The first-order chi connectivity index (χ1) is 8.99. The van der Waals surface area contributed by atoms with E-state index in [-0.39, 0.29) is 11.3 Å². The van der Waals surface area contributed by atoms with Crippen molar-refractivity contribution >= 4 is 5.91 Å². The molecule has 1 amide bonds. The maximum atomic E-state index is 11.6. The molecule has 106 valence electrons. The summed E-state index contributed by atoms with van der Waals surface area (Å²) in [5, 5.41) is 2.99. The van der Waals surface area contributed by atoms with E-state index in [9.17, 15) is 4.79 Å². The molecule has 0 atom stereocenters. The molecule has 19 heavy (non-hydrogen) atoms. The summed E-state index contributed by atoms with van der Waals surface area (Å²) in [7, 11) is 0. The summed E-state index contributed by atoms with van der Waals surface area (Å²) in [6.07, 6.45) is 2.31. The van der Waals surface area contributed by atoms with Crippen molar-refractivity contribution in [3.05, 3.63) is 35.4 Å².